The van der Waals surface area contributed by atoms with Crippen LogP contribution in [0.1, 0.15) is 17.2 Å². The number of ether oxygens (including phenoxy) is 1. The molecule has 2 amide bonds. The van der Waals surface area contributed by atoms with Gasteiger partial charge in [-0.25, -0.2) is 0 Å². The fraction of sp³-hybridized carbons (Fsp3) is 0.154. The molecule has 170 valence electrons. The molecule has 0 fully saturated rings. The van der Waals surface area contributed by atoms with E-state index in [0.717, 1.165) is 5.56 Å². The lowest BCUT2D eigenvalue weighted by molar-refractivity contribution is -0.143. The maximum atomic E-state index is 13.4. The molecule has 0 spiro atoms. The van der Waals surface area contributed by atoms with E-state index in [1.807, 2.05) is 42.5 Å². The summed E-state index contributed by atoms with van der Waals surface area (Å²) in [4.78, 5) is 28.1. The minimum Gasteiger partial charge on any atom is -0.482 e. The summed E-state index contributed by atoms with van der Waals surface area (Å²) in [6.07, 6.45) is 1.59. The van der Waals surface area contributed by atoms with Gasteiger partial charge in [-0.2, -0.15) is 0 Å². The number of nitrogens with one attached hydrogen (secondary N) is 1. The molecule has 1 N–H and O–H groups in total. The second-order valence-corrected chi connectivity index (χ2v) is 8.06. The minimum absolute atomic E-state index is 0.183. The first kappa shape index (κ1) is 24.4. The number of carbonyl (C=O) groups excluding carboxylic acids is 2. The molecule has 3 aromatic rings. The maximum Gasteiger partial charge on any atom is 0.261 e. The van der Waals surface area contributed by atoms with Crippen LogP contribution in [0.15, 0.2) is 91.5 Å². The Labute approximate surface area is 203 Å². The van der Waals surface area contributed by atoms with Crippen LogP contribution in [0.2, 0.25) is 10.0 Å². The molecular formula is C26H24Cl2N2O3. The zero-order valence-corrected chi connectivity index (χ0v) is 19.4. The van der Waals surface area contributed by atoms with E-state index < -0.39 is 6.04 Å². The molecule has 0 radical (unpaired) electrons. The van der Waals surface area contributed by atoms with E-state index in [1.54, 1.807) is 42.5 Å². The van der Waals surface area contributed by atoms with E-state index in [2.05, 4.69) is 11.9 Å². The van der Waals surface area contributed by atoms with E-state index in [1.165, 1.54) is 4.90 Å². The molecule has 0 aliphatic rings. The molecule has 0 heterocycles. The zero-order valence-electron chi connectivity index (χ0n) is 17.9. The lowest BCUT2D eigenvalue weighted by Gasteiger charge is -2.31. The second kappa shape index (κ2) is 12.1. The van der Waals surface area contributed by atoms with Crippen molar-refractivity contribution in [2.45, 2.75) is 12.6 Å². The highest BCUT2D eigenvalue weighted by Gasteiger charge is 2.31. The number of benzene rings is 3. The molecule has 0 unspecified atom stereocenters. The van der Waals surface area contributed by atoms with Crippen LogP contribution in [0.25, 0.3) is 0 Å². The van der Waals surface area contributed by atoms with Gasteiger partial charge in [0, 0.05) is 18.1 Å². The Balaban J connectivity index is 1.93. The van der Waals surface area contributed by atoms with Crippen LogP contribution in [0.3, 0.4) is 0 Å². The van der Waals surface area contributed by atoms with Crippen molar-refractivity contribution in [3.05, 3.63) is 113 Å². The molecule has 0 saturated carbocycles. The van der Waals surface area contributed by atoms with Crippen molar-refractivity contribution in [3.8, 4) is 5.75 Å². The molecule has 1 atom stereocenters. The Morgan fingerprint density at radius 3 is 2.30 bits per heavy atom. The van der Waals surface area contributed by atoms with Crippen molar-refractivity contribution in [1.29, 1.82) is 0 Å². The van der Waals surface area contributed by atoms with Gasteiger partial charge in [-0.15, -0.1) is 6.58 Å². The second-order valence-electron chi connectivity index (χ2n) is 7.21. The molecule has 5 nitrogen and oxygen atoms in total. The van der Waals surface area contributed by atoms with Crippen molar-refractivity contribution in [2.75, 3.05) is 13.2 Å². The third-order valence-electron chi connectivity index (χ3n) is 4.87. The fourth-order valence-electron chi connectivity index (χ4n) is 3.27. The summed E-state index contributed by atoms with van der Waals surface area (Å²) in [5, 5.41) is 3.80. The van der Waals surface area contributed by atoms with Crippen LogP contribution in [0, 0.1) is 0 Å². The van der Waals surface area contributed by atoms with E-state index in [-0.39, 0.29) is 31.5 Å². The standard InChI is InChI=1S/C26H24Cl2N2O3/c1-2-16-29-26(32)25(20-8-4-3-5-9-20)30(17-19-12-14-21(27)15-13-19)24(31)18-33-23-11-7-6-10-22(23)28/h2-15,25H,1,16-18H2,(H,29,32)/t25-/m1/s1. The lowest BCUT2D eigenvalue weighted by Crippen LogP contribution is -2.45. The number of hydrogen-bond donors (Lipinski definition) is 1. The van der Waals surface area contributed by atoms with Gasteiger partial charge in [0.25, 0.3) is 5.91 Å². The Kier molecular flexibility index (Phi) is 8.93. The van der Waals surface area contributed by atoms with Gasteiger partial charge < -0.3 is 15.0 Å². The molecule has 7 heteroatoms. The Morgan fingerprint density at radius 2 is 1.64 bits per heavy atom. The van der Waals surface area contributed by atoms with Gasteiger partial charge in [0.1, 0.15) is 11.8 Å². The minimum atomic E-state index is -0.871. The predicted octanol–water partition coefficient (Wildman–Crippen LogP) is 5.44. The van der Waals surface area contributed by atoms with E-state index in [4.69, 9.17) is 27.9 Å². The van der Waals surface area contributed by atoms with Gasteiger partial charge in [0.15, 0.2) is 6.61 Å². The van der Waals surface area contributed by atoms with Crippen LogP contribution in [-0.4, -0.2) is 29.9 Å². The number of rotatable bonds is 10. The lowest BCUT2D eigenvalue weighted by atomic mass is 10.0. The quantitative estimate of drug-likeness (QED) is 0.391. The Hall–Kier alpha value is -3.28. The smallest absolute Gasteiger partial charge is 0.261 e. The molecule has 0 bridgehead atoms. The summed E-state index contributed by atoms with van der Waals surface area (Å²) in [5.74, 6) is -0.292. The average Bonchev–Trinajstić information content (AvgIpc) is 2.83. The highest BCUT2D eigenvalue weighted by atomic mass is 35.5. The predicted molar refractivity (Wildman–Crippen MR) is 131 cm³/mol. The first-order valence-corrected chi connectivity index (χ1v) is 11.1. The number of para-hydroxylation sites is 1. The van der Waals surface area contributed by atoms with E-state index in [9.17, 15) is 9.59 Å². The molecule has 33 heavy (non-hydrogen) atoms. The van der Waals surface area contributed by atoms with Crippen molar-refractivity contribution < 1.29 is 14.3 Å². The largest absolute Gasteiger partial charge is 0.482 e. The highest BCUT2D eigenvalue weighted by Crippen LogP contribution is 2.26. The molecule has 0 saturated heterocycles. The number of amides is 2. The van der Waals surface area contributed by atoms with Gasteiger partial charge in [0.2, 0.25) is 5.91 Å². The highest BCUT2D eigenvalue weighted by molar-refractivity contribution is 6.32. The number of nitrogens with zero attached hydrogens (tertiary/aromatic N) is 1. The summed E-state index contributed by atoms with van der Waals surface area (Å²) < 4.78 is 5.69. The van der Waals surface area contributed by atoms with E-state index >= 15 is 0 Å². The third kappa shape index (κ3) is 6.85. The Bertz CT molecular complexity index is 1090. The number of hydrogen-bond acceptors (Lipinski definition) is 3. The van der Waals surface area contributed by atoms with Crippen LogP contribution < -0.4 is 10.1 Å². The zero-order chi connectivity index (χ0) is 23.6. The molecular weight excluding hydrogens is 459 g/mol. The van der Waals surface area contributed by atoms with Gasteiger partial charge in [-0.3, -0.25) is 9.59 Å². The molecule has 3 aromatic carbocycles. The van der Waals surface area contributed by atoms with Crippen LogP contribution in [0.4, 0.5) is 0 Å². The van der Waals surface area contributed by atoms with E-state index in [0.29, 0.717) is 21.4 Å². The summed E-state index contributed by atoms with van der Waals surface area (Å²) in [7, 11) is 0. The molecule has 0 aliphatic heterocycles. The third-order valence-corrected chi connectivity index (χ3v) is 5.43. The first-order chi connectivity index (χ1) is 16.0. The van der Waals surface area contributed by atoms with Gasteiger partial charge in [0.05, 0.1) is 5.02 Å². The number of halogens is 2. The topological polar surface area (TPSA) is 58.6 Å². The summed E-state index contributed by atoms with van der Waals surface area (Å²) in [5.41, 5.74) is 1.50. The monoisotopic (exact) mass is 482 g/mol. The summed E-state index contributed by atoms with van der Waals surface area (Å²) in [6, 6.07) is 22.3. The normalized spacial score (nSPS) is 11.3. The maximum absolute atomic E-state index is 13.4. The molecule has 0 aliphatic carbocycles. The molecule has 3 rings (SSSR count). The van der Waals surface area contributed by atoms with Gasteiger partial charge >= 0.3 is 0 Å². The first-order valence-electron chi connectivity index (χ1n) is 10.3. The fourth-order valence-corrected chi connectivity index (χ4v) is 3.59. The summed E-state index contributed by atoms with van der Waals surface area (Å²) in [6.45, 7) is 3.83. The van der Waals surface area contributed by atoms with Crippen molar-refractivity contribution in [1.82, 2.24) is 10.2 Å². The SMILES string of the molecule is C=CCNC(=O)[C@@H](c1ccccc1)N(Cc1ccc(Cl)cc1)C(=O)COc1ccccc1Cl. The van der Waals surface area contributed by atoms with Gasteiger partial charge in [-0.1, -0.05) is 83.9 Å². The van der Waals surface area contributed by atoms with Gasteiger partial charge in [-0.05, 0) is 35.4 Å². The van der Waals surface area contributed by atoms with Crippen molar-refractivity contribution in [2.24, 2.45) is 0 Å². The summed E-state index contributed by atoms with van der Waals surface area (Å²) >= 11 is 12.2. The average molecular weight is 483 g/mol. The van der Waals surface area contributed by atoms with Crippen molar-refractivity contribution >= 4 is 35.0 Å². The Morgan fingerprint density at radius 1 is 0.970 bits per heavy atom. The van der Waals surface area contributed by atoms with Crippen molar-refractivity contribution in [3.63, 3.8) is 0 Å². The van der Waals surface area contributed by atoms with Crippen LogP contribution in [-0.2, 0) is 16.1 Å². The number of carbonyl (C=O) groups is 2. The van der Waals surface area contributed by atoms with Crippen LogP contribution >= 0.6 is 23.2 Å². The van der Waals surface area contributed by atoms with Crippen LogP contribution in [0.5, 0.6) is 5.75 Å². The molecule has 0 aromatic heterocycles.